The first-order valence-corrected chi connectivity index (χ1v) is 6.78. The van der Waals surface area contributed by atoms with E-state index in [-0.39, 0.29) is 12.5 Å². The van der Waals surface area contributed by atoms with Gasteiger partial charge in [0.15, 0.2) is 0 Å². The van der Waals surface area contributed by atoms with Crippen LogP contribution in [-0.4, -0.2) is 59.9 Å². The normalized spacial score (nSPS) is 26.4. The van der Waals surface area contributed by atoms with Gasteiger partial charge in [-0.2, -0.15) is 0 Å². The molecule has 2 atom stereocenters. The van der Waals surface area contributed by atoms with E-state index < -0.39 is 11.7 Å². The molecule has 0 saturated carbocycles. The molecule has 1 saturated heterocycles. The van der Waals surface area contributed by atoms with Crippen LogP contribution in [0, 0.1) is 0 Å². The van der Waals surface area contributed by atoms with Crippen LogP contribution in [0.4, 0.5) is 5.69 Å². The summed E-state index contributed by atoms with van der Waals surface area (Å²) in [5, 5.41) is 19.8. The molecule has 1 amide bonds. The highest BCUT2D eigenvalue weighted by atomic mass is 16.3. The molecule has 1 aliphatic heterocycles. The number of aliphatic hydroxyl groups excluding tert-OH is 1. The second-order valence-electron chi connectivity index (χ2n) is 5.82. The molecule has 110 valence electrons. The number of aliphatic hydroxyl groups is 2. The van der Waals surface area contributed by atoms with Gasteiger partial charge in [0.25, 0.3) is 5.91 Å². The quantitative estimate of drug-likeness (QED) is 0.836. The van der Waals surface area contributed by atoms with Gasteiger partial charge in [-0.25, -0.2) is 0 Å². The van der Waals surface area contributed by atoms with Crippen LogP contribution < -0.4 is 4.90 Å². The number of hydrogen-bond donors (Lipinski definition) is 2. The van der Waals surface area contributed by atoms with Gasteiger partial charge in [0, 0.05) is 38.4 Å². The van der Waals surface area contributed by atoms with Crippen LogP contribution in [0.25, 0.3) is 0 Å². The molecule has 1 aromatic carbocycles. The van der Waals surface area contributed by atoms with Crippen LogP contribution >= 0.6 is 0 Å². The van der Waals surface area contributed by atoms with E-state index in [2.05, 4.69) is 0 Å². The van der Waals surface area contributed by atoms with E-state index in [0.717, 1.165) is 5.69 Å². The molecule has 5 heteroatoms. The van der Waals surface area contributed by atoms with Crippen LogP contribution in [0.1, 0.15) is 23.7 Å². The van der Waals surface area contributed by atoms with Gasteiger partial charge < -0.3 is 20.0 Å². The van der Waals surface area contributed by atoms with E-state index >= 15 is 0 Å². The Hall–Kier alpha value is -1.59. The van der Waals surface area contributed by atoms with Crippen LogP contribution in [0.2, 0.25) is 0 Å². The van der Waals surface area contributed by atoms with E-state index in [1.54, 1.807) is 17.9 Å². The molecule has 1 aliphatic rings. The van der Waals surface area contributed by atoms with E-state index in [0.29, 0.717) is 18.5 Å². The summed E-state index contributed by atoms with van der Waals surface area (Å²) in [6, 6.07) is 7.39. The van der Waals surface area contributed by atoms with Crippen molar-refractivity contribution >= 4 is 11.6 Å². The predicted octanol–water partition coefficient (Wildman–Crippen LogP) is 0.710. The Labute approximate surface area is 119 Å². The molecule has 1 aromatic rings. The van der Waals surface area contributed by atoms with Crippen molar-refractivity contribution in [3.8, 4) is 0 Å². The molecule has 2 N–H and O–H groups in total. The molecular weight excluding hydrogens is 256 g/mol. The van der Waals surface area contributed by atoms with Crippen LogP contribution in [0.15, 0.2) is 24.3 Å². The number of benzene rings is 1. The Kier molecular flexibility index (Phi) is 4.01. The smallest absolute Gasteiger partial charge is 0.254 e. The fraction of sp³-hybridized carbons (Fsp3) is 0.533. The highest BCUT2D eigenvalue weighted by Crippen LogP contribution is 2.24. The van der Waals surface area contributed by atoms with Gasteiger partial charge in [-0.3, -0.25) is 4.79 Å². The third-order valence-electron chi connectivity index (χ3n) is 3.90. The maximum Gasteiger partial charge on any atom is 0.254 e. The van der Waals surface area contributed by atoms with Crippen LogP contribution in [0.3, 0.4) is 0 Å². The second-order valence-corrected chi connectivity index (χ2v) is 5.82. The molecular formula is C15H22N2O3. The number of hydrogen-bond acceptors (Lipinski definition) is 4. The van der Waals surface area contributed by atoms with E-state index in [1.165, 1.54) is 0 Å². The third-order valence-corrected chi connectivity index (χ3v) is 3.90. The summed E-state index contributed by atoms with van der Waals surface area (Å²) in [5.74, 6) is -0.108. The Balaban J connectivity index is 2.14. The summed E-state index contributed by atoms with van der Waals surface area (Å²) < 4.78 is 0. The van der Waals surface area contributed by atoms with Crippen molar-refractivity contribution in [1.29, 1.82) is 0 Å². The zero-order valence-corrected chi connectivity index (χ0v) is 12.2. The highest BCUT2D eigenvalue weighted by Gasteiger charge is 2.38. The zero-order chi connectivity index (χ0) is 14.9. The third kappa shape index (κ3) is 2.94. The molecule has 20 heavy (non-hydrogen) atoms. The first-order chi connectivity index (χ1) is 9.31. The number of likely N-dealkylation sites (tertiary alicyclic amines) is 1. The molecule has 0 radical (unpaired) electrons. The van der Waals surface area contributed by atoms with Crippen LogP contribution in [-0.2, 0) is 0 Å². The lowest BCUT2D eigenvalue weighted by Crippen LogP contribution is -2.55. The number of rotatable bonds is 2. The van der Waals surface area contributed by atoms with Gasteiger partial charge in [0.05, 0.1) is 11.7 Å². The number of amides is 1. The minimum atomic E-state index is -1.11. The molecule has 0 bridgehead atoms. The predicted molar refractivity (Wildman–Crippen MR) is 77.9 cm³/mol. The second kappa shape index (κ2) is 5.42. The molecule has 0 aromatic heterocycles. The first-order valence-electron chi connectivity index (χ1n) is 6.78. The number of anilines is 1. The van der Waals surface area contributed by atoms with E-state index in [1.807, 2.05) is 37.2 Å². The van der Waals surface area contributed by atoms with Crippen molar-refractivity contribution < 1.29 is 15.0 Å². The maximum absolute atomic E-state index is 12.4. The van der Waals surface area contributed by atoms with Gasteiger partial charge >= 0.3 is 0 Å². The zero-order valence-electron chi connectivity index (χ0n) is 12.2. The lowest BCUT2D eigenvalue weighted by atomic mass is 9.90. The van der Waals surface area contributed by atoms with Gasteiger partial charge in [0.2, 0.25) is 0 Å². The van der Waals surface area contributed by atoms with Gasteiger partial charge in [-0.1, -0.05) is 6.07 Å². The first kappa shape index (κ1) is 14.8. The molecule has 0 spiro atoms. The minimum Gasteiger partial charge on any atom is -0.388 e. The van der Waals surface area contributed by atoms with Crippen molar-refractivity contribution in [3.63, 3.8) is 0 Å². The summed E-state index contributed by atoms with van der Waals surface area (Å²) >= 11 is 0. The number of β-amino-alcohol motifs (C(OH)–C–C–N with tert-alkyl or cyclic N) is 1. The summed E-state index contributed by atoms with van der Waals surface area (Å²) in [6.45, 7) is 2.22. The van der Waals surface area contributed by atoms with Gasteiger partial charge in [-0.15, -0.1) is 0 Å². The molecule has 1 heterocycles. The van der Waals surface area contributed by atoms with Crippen molar-refractivity contribution in [2.45, 2.75) is 25.0 Å². The largest absolute Gasteiger partial charge is 0.388 e. The minimum absolute atomic E-state index is 0.108. The van der Waals surface area contributed by atoms with E-state index in [9.17, 15) is 15.0 Å². The average Bonchev–Trinajstić information content (AvgIpc) is 2.41. The Morgan fingerprint density at radius 3 is 2.75 bits per heavy atom. The summed E-state index contributed by atoms with van der Waals surface area (Å²) in [7, 11) is 3.84. The fourth-order valence-electron chi connectivity index (χ4n) is 2.31. The standard InChI is InChI=1S/C15H22N2O3/c1-15(20)7-8-17(10-13(15)18)14(19)11-5-4-6-12(9-11)16(2)3/h4-6,9,13,18,20H,7-8,10H2,1-3H3/t13-,15-/m0/s1. The van der Waals surface area contributed by atoms with Crippen molar-refractivity contribution in [2.75, 3.05) is 32.1 Å². The molecule has 1 fully saturated rings. The molecule has 0 aliphatic carbocycles. The summed E-state index contributed by atoms with van der Waals surface area (Å²) in [4.78, 5) is 16.0. The average molecular weight is 278 g/mol. The highest BCUT2D eigenvalue weighted by molar-refractivity contribution is 5.95. The van der Waals surface area contributed by atoms with E-state index in [4.69, 9.17) is 0 Å². The van der Waals surface area contributed by atoms with Crippen molar-refractivity contribution in [1.82, 2.24) is 4.90 Å². The Morgan fingerprint density at radius 2 is 2.15 bits per heavy atom. The lowest BCUT2D eigenvalue weighted by molar-refractivity contribution is -0.0999. The van der Waals surface area contributed by atoms with Gasteiger partial charge in [-0.05, 0) is 31.5 Å². The number of piperidine rings is 1. The van der Waals surface area contributed by atoms with Gasteiger partial charge in [0.1, 0.15) is 0 Å². The van der Waals surface area contributed by atoms with Crippen molar-refractivity contribution in [2.24, 2.45) is 0 Å². The number of carbonyl (C=O) groups is 1. The molecule has 5 nitrogen and oxygen atoms in total. The summed E-state index contributed by atoms with van der Waals surface area (Å²) in [6.07, 6.45) is -0.523. The SMILES string of the molecule is CN(C)c1cccc(C(=O)N2CC[C@](C)(O)[C@@H](O)C2)c1. The summed E-state index contributed by atoms with van der Waals surface area (Å²) in [5.41, 5.74) is 0.452. The fourth-order valence-corrected chi connectivity index (χ4v) is 2.31. The monoisotopic (exact) mass is 278 g/mol. The molecule has 0 unspecified atom stereocenters. The number of carbonyl (C=O) groups excluding carboxylic acids is 1. The topological polar surface area (TPSA) is 64.0 Å². The molecule has 2 rings (SSSR count). The Bertz CT molecular complexity index is 500. The maximum atomic E-state index is 12.4. The van der Waals surface area contributed by atoms with Crippen molar-refractivity contribution in [3.05, 3.63) is 29.8 Å². The lowest BCUT2D eigenvalue weighted by Gasteiger charge is -2.40. The number of nitrogens with zero attached hydrogens (tertiary/aromatic N) is 2. The Morgan fingerprint density at radius 1 is 1.45 bits per heavy atom. The van der Waals surface area contributed by atoms with Crippen LogP contribution in [0.5, 0.6) is 0 Å².